The molecule has 2 saturated carbocycles. The number of aliphatic hydroxyl groups is 1. The summed E-state index contributed by atoms with van der Waals surface area (Å²) in [7, 11) is 1.29. The number of hydrogen-bond acceptors (Lipinski definition) is 5. The van der Waals surface area contributed by atoms with Gasteiger partial charge in [0.15, 0.2) is 5.78 Å². The number of furan rings is 1. The second-order valence-corrected chi connectivity index (χ2v) is 5.34. The third kappa shape index (κ3) is 1.51. The fourth-order valence-corrected chi connectivity index (χ4v) is 3.66. The first-order valence-corrected chi connectivity index (χ1v) is 6.45. The minimum atomic E-state index is -1.17. The number of methoxy groups -OCH3 is 1. The van der Waals surface area contributed by atoms with Crippen molar-refractivity contribution in [3.05, 3.63) is 24.2 Å². The maximum absolute atomic E-state index is 12.5. The maximum Gasteiger partial charge on any atom is 0.320 e. The molecular weight excluding hydrogens is 248 g/mol. The zero-order valence-corrected chi connectivity index (χ0v) is 10.7. The monoisotopic (exact) mass is 264 g/mol. The smallest absolute Gasteiger partial charge is 0.320 e. The Kier molecular flexibility index (Phi) is 2.74. The molecule has 0 unspecified atom stereocenters. The number of hydrogen-bond donors (Lipinski definition) is 1. The van der Waals surface area contributed by atoms with Crippen molar-refractivity contribution < 1.29 is 23.8 Å². The minimum absolute atomic E-state index is 0.195. The number of Topliss-reactive ketones (excluding diaryl/α,β-unsaturated/α-hetero) is 1. The van der Waals surface area contributed by atoms with Crippen LogP contribution in [-0.4, -0.2) is 30.1 Å². The fourth-order valence-electron chi connectivity index (χ4n) is 3.66. The van der Waals surface area contributed by atoms with Crippen molar-refractivity contribution in [2.45, 2.75) is 31.3 Å². The largest absolute Gasteiger partial charge is 0.469 e. The Labute approximate surface area is 110 Å². The molecule has 5 heteroatoms. The molecule has 1 aromatic heterocycles. The molecule has 2 fully saturated rings. The van der Waals surface area contributed by atoms with E-state index in [1.165, 1.54) is 13.4 Å². The van der Waals surface area contributed by atoms with Crippen molar-refractivity contribution in [3.8, 4) is 0 Å². The number of ether oxygens (including phenoxy) is 1. The lowest BCUT2D eigenvalue weighted by Gasteiger charge is -2.38. The second-order valence-electron chi connectivity index (χ2n) is 5.34. The lowest BCUT2D eigenvalue weighted by Crippen LogP contribution is -2.49. The molecule has 2 bridgehead atoms. The van der Waals surface area contributed by atoms with Gasteiger partial charge >= 0.3 is 5.97 Å². The van der Waals surface area contributed by atoms with Gasteiger partial charge in [-0.15, -0.1) is 0 Å². The molecule has 2 aliphatic rings. The number of aliphatic hydroxyl groups excluding tert-OH is 1. The van der Waals surface area contributed by atoms with Gasteiger partial charge in [-0.2, -0.15) is 0 Å². The van der Waals surface area contributed by atoms with E-state index < -0.39 is 29.3 Å². The van der Waals surface area contributed by atoms with E-state index in [0.717, 1.165) is 0 Å². The van der Waals surface area contributed by atoms with Crippen LogP contribution >= 0.6 is 0 Å². The van der Waals surface area contributed by atoms with Crippen molar-refractivity contribution in [1.82, 2.24) is 0 Å². The van der Waals surface area contributed by atoms with Crippen LogP contribution in [0.15, 0.2) is 22.8 Å². The highest BCUT2D eigenvalue weighted by Gasteiger charge is 2.64. The molecule has 0 amide bonds. The highest BCUT2D eigenvalue weighted by molar-refractivity contribution is 6.08. The van der Waals surface area contributed by atoms with Crippen molar-refractivity contribution >= 4 is 11.8 Å². The zero-order valence-electron chi connectivity index (χ0n) is 10.7. The standard InChI is InChI=1S/C14H16O5/c1-18-13(17)14-5-4-8(12(14)16)10(15)7-9(14)11-3-2-6-19-11/h2-3,6,8-10,15H,4-5,7H2,1H3/t8-,9+,10-,14+/m0/s1. The van der Waals surface area contributed by atoms with Gasteiger partial charge < -0.3 is 14.3 Å². The number of rotatable bonds is 2. The van der Waals surface area contributed by atoms with E-state index in [0.29, 0.717) is 25.0 Å². The van der Waals surface area contributed by atoms with Gasteiger partial charge in [-0.25, -0.2) is 0 Å². The summed E-state index contributed by atoms with van der Waals surface area (Å²) in [5.74, 6) is -1.01. The molecule has 1 aromatic rings. The molecule has 0 aliphatic heterocycles. The molecule has 0 spiro atoms. The topological polar surface area (TPSA) is 76.7 Å². The summed E-state index contributed by atoms with van der Waals surface area (Å²) < 4.78 is 10.2. The van der Waals surface area contributed by atoms with Gasteiger partial charge in [-0.3, -0.25) is 9.59 Å². The normalized spacial score (nSPS) is 37.4. The molecule has 0 radical (unpaired) electrons. The average Bonchev–Trinajstić information content (AvgIpc) is 3.00. The van der Waals surface area contributed by atoms with Gasteiger partial charge in [0.05, 0.1) is 19.5 Å². The maximum atomic E-state index is 12.5. The molecule has 1 N–H and O–H groups in total. The van der Waals surface area contributed by atoms with Crippen molar-refractivity contribution in [2.75, 3.05) is 7.11 Å². The third-order valence-corrected chi connectivity index (χ3v) is 4.60. The Balaban J connectivity index is 2.10. The number of carbonyl (C=O) groups excluding carboxylic acids is 2. The van der Waals surface area contributed by atoms with Gasteiger partial charge in [0.1, 0.15) is 11.2 Å². The first-order valence-electron chi connectivity index (χ1n) is 6.45. The average molecular weight is 264 g/mol. The molecule has 102 valence electrons. The van der Waals surface area contributed by atoms with Crippen LogP contribution in [0, 0.1) is 11.3 Å². The minimum Gasteiger partial charge on any atom is -0.469 e. The summed E-state index contributed by atoms with van der Waals surface area (Å²) in [4.78, 5) is 24.7. The summed E-state index contributed by atoms with van der Waals surface area (Å²) in [5, 5.41) is 10.1. The van der Waals surface area contributed by atoms with Crippen molar-refractivity contribution in [2.24, 2.45) is 11.3 Å². The highest BCUT2D eigenvalue weighted by atomic mass is 16.5. The van der Waals surface area contributed by atoms with E-state index in [1.54, 1.807) is 12.1 Å². The molecule has 19 heavy (non-hydrogen) atoms. The predicted octanol–water partition coefficient (Wildman–Crippen LogP) is 1.27. The fraction of sp³-hybridized carbons (Fsp3) is 0.571. The Morgan fingerprint density at radius 2 is 2.37 bits per heavy atom. The van der Waals surface area contributed by atoms with E-state index in [2.05, 4.69) is 0 Å². The van der Waals surface area contributed by atoms with Crippen LogP contribution in [0.1, 0.15) is 30.9 Å². The number of esters is 1. The van der Waals surface area contributed by atoms with E-state index in [9.17, 15) is 14.7 Å². The predicted molar refractivity (Wildman–Crippen MR) is 64.3 cm³/mol. The first kappa shape index (κ1) is 12.4. The second kappa shape index (κ2) is 4.20. The Bertz CT molecular complexity index is 506. The van der Waals surface area contributed by atoms with Gasteiger partial charge in [0.25, 0.3) is 0 Å². The molecule has 2 aliphatic carbocycles. The van der Waals surface area contributed by atoms with E-state index in [1.807, 2.05) is 0 Å². The number of fused-ring (bicyclic) bond motifs is 2. The number of ketones is 1. The summed E-state index contributed by atoms with van der Waals surface area (Å²) in [5.41, 5.74) is -1.17. The van der Waals surface area contributed by atoms with E-state index in [4.69, 9.17) is 9.15 Å². The van der Waals surface area contributed by atoms with Gasteiger partial charge in [0, 0.05) is 11.8 Å². The molecule has 3 rings (SSSR count). The van der Waals surface area contributed by atoms with Crippen LogP contribution in [0.2, 0.25) is 0 Å². The summed E-state index contributed by atoms with van der Waals surface area (Å²) in [6.07, 6.45) is 2.12. The van der Waals surface area contributed by atoms with E-state index in [-0.39, 0.29) is 5.78 Å². The lowest BCUT2D eigenvalue weighted by molar-refractivity contribution is -0.163. The van der Waals surface area contributed by atoms with Crippen molar-refractivity contribution in [3.63, 3.8) is 0 Å². The SMILES string of the molecule is COC(=O)[C@@]12CC[C@H](C1=O)[C@@H](O)C[C@@H]2c1ccco1. The summed E-state index contributed by atoms with van der Waals surface area (Å²) in [6.45, 7) is 0. The molecule has 0 aromatic carbocycles. The van der Waals surface area contributed by atoms with Crippen LogP contribution in [0.4, 0.5) is 0 Å². The van der Waals surface area contributed by atoms with Crippen LogP contribution in [0.5, 0.6) is 0 Å². The van der Waals surface area contributed by atoms with Crippen molar-refractivity contribution in [1.29, 1.82) is 0 Å². The quantitative estimate of drug-likeness (QED) is 0.643. The van der Waals surface area contributed by atoms with Crippen LogP contribution in [0.25, 0.3) is 0 Å². The molecule has 5 nitrogen and oxygen atoms in total. The molecule has 4 atom stereocenters. The molecular formula is C14H16O5. The summed E-state index contributed by atoms with van der Waals surface area (Å²) >= 11 is 0. The van der Waals surface area contributed by atoms with Gasteiger partial charge in [-0.05, 0) is 31.4 Å². The first-order chi connectivity index (χ1) is 9.11. The Morgan fingerprint density at radius 3 is 3.00 bits per heavy atom. The van der Waals surface area contributed by atoms with Crippen LogP contribution < -0.4 is 0 Å². The third-order valence-electron chi connectivity index (χ3n) is 4.60. The lowest BCUT2D eigenvalue weighted by atomic mass is 9.64. The van der Waals surface area contributed by atoms with Gasteiger partial charge in [0.2, 0.25) is 0 Å². The van der Waals surface area contributed by atoms with Crippen LogP contribution in [0.3, 0.4) is 0 Å². The van der Waals surface area contributed by atoms with E-state index >= 15 is 0 Å². The van der Waals surface area contributed by atoms with Crippen LogP contribution in [-0.2, 0) is 14.3 Å². The Morgan fingerprint density at radius 1 is 1.58 bits per heavy atom. The zero-order chi connectivity index (χ0) is 13.6. The number of carbonyl (C=O) groups is 2. The molecule has 1 heterocycles. The molecule has 0 saturated heterocycles. The Hall–Kier alpha value is -1.62. The summed E-state index contributed by atoms with van der Waals surface area (Å²) in [6, 6.07) is 3.46. The highest BCUT2D eigenvalue weighted by Crippen LogP contribution is 2.56. The van der Waals surface area contributed by atoms with Gasteiger partial charge in [-0.1, -0.05) is 0 Å².